The number of carbonyl (C=O) groups excluding carboxylic acids is 1. The number of anilines is 1. The lowest BCUT2D eigenvalue weighted by atomic mass is 10.1. The van der Waals surface area contributed by atoms with E-state index < -0.39 is 0 Å². The number of carbonyl (C=O) groups is 1. The topological polar surface area (TPSA) is 42.4 Å². The Balaban J connectivity index is 2.09. The Morgan fingerprint density at radius 2 is 2.24 bits per heavy atom. The van der Waals surface area contributed by atoms with Gasteiger partial charge in [0, 0.05) is 18.0 Å². The zero-order valence-corrected chi connectivity index (χ0v) is 12.9. The molecule has 1 aromatic heterocycles. The van der Waals surface area contributed by atoms with Gasteiger partial charge in [-0.3, -0.25) is 0 Å². The molecule has 1 fully saturated rings. The number of hydrogen-bond donors (Lipinski definition) is 0. The smallest absolute Gasteiger partial charge is 0.337 e. The fraction of sp³-hybridized carbons (Fsp3) is 0.375. The molecule has 5 heteroatoms. The summed E-state index contributed by atoms with van der Waals surface area (Å²) in [6.07, 6.45) is 2.33. The van der Waals surface area contributed by atoms with Crippen molar-refractivity contribution < 1.29 is 9.53 Å². The molecule has 0 N–H and O–H groups in total. The maximum Gasteiger partial charge on any atom is 0.337 e. The first kappa shape index (κ1) is 14.1. The molecule has 0 bridgehead atoms. The number of benzene rings is 1. The summed E-state index contributed by atoms with van der Waals surface area (Å²) < 4.78 is 4.76. The monoisotopic (exact) mass is 304 g/mol. The Bertz CT molecular complexity index is 702. The highest BCUT2D eigenvalue weighted by Gasteiger charge is 2.23. The van der Waals surface area contributed by atoms with Crippen LogP contribution in [0.1, 0.15) is 30.1 Å². The Morgan fingerprint density at radius 1 is 1.43 bits per heavy atom. The first-order valence-corrected chi connectivity index (χ1v) is 7.43. The van der Waals surface area contributed by atoms with E-state index in [4.69, 9.17) is 16.3 Å². The predicted octanol–water partition coefficient (Wildman–Crippen LogP) is 3.66. The molecule has 1 aliphatic heterocycles. The van der Waals surface area contributed by atoms with Crippen molar-refractivity contribution in [2.75, 3.05) is 18.6 Å². The molecule has 1 aliphatic rings. The minimum absolute atomic E-state index is 0.344. The normalized spacial score (nSPS) is 18.2. The molecule has 110 valence electrons. The van der Waals surface area contributed by atoms with Crippen LogP contribution < -0.4 is 4.90 Å². The number of methoxy groups -OCH3 is 1. The lowest BCUT2D eigenvalue weighted by Crippen LogP contribution is -2.26. The van der Waals surface area contributed by atoms with Crippen LogP contribution in [0, 0.1) is 0 Å². The number of hydrogen-bond acceptors (Lipinski definition) is 4. The number of aromatic nitrogens is 1. The summed E-state index contributed by atoms with van der Waals surface area (Å²) in [4.78, 5) is 18.4. The van der Waals surface area contributed by atoms with E-state index in [0.29, 0.717) is 16.8 Å². The van der Waals surface area contributed by atoms with Crippen molar-refractivity contribution in [3.05, 3.63) is 35.0 Å². The maximum atomic E-state index is 11.6. The average molecular weight is 305 g/mol. The molecule has 0 spiro atoms. The van der Waals surface area contributed by atoms with E-state index in [1.54, 1.807) is 18.2 Å². The molecule has 3 rings (SSSR count). The molecular formula is C16H17ClN2O2. The second-order valence-corrected chi connectivity index (χ2v) is 5.74. The molecule has 1 aromatic carbocycles. The van der Waals surface area contributed by atoms with Crippen LogP contribution in [0.4, 0.5) is 5.69 Å². The van der Waals surface area contributed by atoms with Gasteiger partial charge < -0.3 is 9.64 Å². The van der Waals surface area contributed by atoms with E-state index in [1.807, 2.05) is 6.07 Å². The third kappa shape index (κ3) is 2.56. The van der Waals surface area contributed by atoms with Crippen molar-refractivity contribution in [2.45, 2.75) is 25.8 Å². The minimum atomic E-state index is -0.344. The van der Waals surface area contributed by atoms with Gasteiger partial charge in [0.25, 0.3) is 0 Å². The Kier molecular flexibility index (Phi) is 3.72. The zero-order chi connectivity index (χ0) is 15.0. The van der Waals surface area contributed by atoms with E-state index in [2.05, 4.69) is 16.8 Å². The predicted molar refractivity (Wildman–Crippen MR) is 84.1 cm³/mol. The van der Waals surface area contributed by atoms with Crippen molar-refractivity contribution in [3.8, 4) is 0 Å². The van der Waals surface area contributed by atoms with E-state index in [0.717, 1.165) is 36.0 Å². The quantitative estimate of drug-likeness (QED) is 0.627. The van der Waals surface area contributed by atoms with Crippen LogP contribution in [-0.4, -0.2) is 30.6 Å². The second kappa shape index (κ2) is 5.53. The molecule has 0 aliphatic carbocycles. The van der Waals surface area contributed by atoms with Crippen LogP contribution in [0.5, 0.6) is 0 Å². The number of fused-ring (bicyclic) bond motifs is 1. The van der Waals surface area contributed by atoms with Crippen LogP contribution in [0.3, 0.4) is 0 Å². The number of halogens is 1. The number of nitrogens with zero attached hydrogens (tertiary/aromatic N) is 2. The molecule has 1 saturated heterocycles. The highest BCUT2D eigenvalue weighted by Crippen LogP contribution is 2.33. The van der Waals surface area contributed by atoms with Crippen molar-refractivity contribution in [1.82, 2.24) is 4.98 Å². The Morgan fingerprint density at radius 3 is 2.90 bits per heavy atom. The van der Waals surface area contributed by atoms with E-state index >= 15 is 0 Å². The molecule has 0 unspecified atom stereocenters. The van der Waals surface area contributed by atoms with Gasteiger partial charge in [0.2, 0.25) is 0 Å². The van der Waals surface area contributed by atoms with Gasteiger partial charge in [-0.15, -0.1) is 0 Å². The number of rotatable bonds is 2. The number of pyridine rings is 1. The van der Waals surface area contributed by atoms with Gasteiger partial charge in [0.05, 0.1) is 23.9 Å². The van der Waals surface area contributed by atoms with Crippen LogP contribution in [0.15, 0.2) is 24.3 Å². The molecule has 21 heavy (non-hydrogen) atoms. The molecule has 2 aromatic rings. The van der Waals surface area contributed by atoms with Gasteiger partial charge in [0.15, 0.2) is 5.15 Å². The van der Waals surface area contributed by atoms with Crippen molar-refractivity contribution in [1.29, 1.82) is 0 Å². The fourth-order valence-electron chi connectivity index (χ4n) is 2.88. The SMILES string of the molecule is COC(=O)c1ccc2nc(Cl)c(N3CCC[C@@H]3C)cc2c1. The highest BCUT2D eigenvalue weighted by atomic mass is 35.5. The molecule has 0 radical (unpaired) electrons. The highest BCUT2D eigenvalue weighted by molar-refractivity contribution is 6.32. The largest absolute Gasteiger partial charge is 0.465 e. The van der Waals surface area contributed by atoms with E-state index in [1.165, 1.54) is 7.11 Å². The third-order valence-electron chi connectivity index (χ3n) is 4.03. The van der Waals surface area contributed by atoms with Crippen molar-refractivity contribution in [2.24, 2.45) is 0 Å². The summed E-state index contributed by atoms with van der Waals surface area (Å²) in [5, 5.41) is 1.42. The first-order chi connectivity index (χ1) is 10.1. The van der Waals surface area contributed by atoms with E-state index in [9.17, 15) is 4.79 Å². The Labute approximate surface area is 128 Å². The zero-order valence-electron chi connectivity index (χ0n) is 12.1. The summed E-state index contributed by atoms with van der Waals surface area (Å²) in [5.74, 6) is -0.344. The van der Waals surface area contributed by atoms with Crippen LogP contribution in [-0.2, 0) is 4.74 Å². The Hall–Kier alpha value is -1.81. The van der Waals surface area contributed by atoms with Crippen LogP contribution in [0.25, 0.3) is 10.9 Å². The van der Waals surface area contributed by atoms with Gasteiger partial charge in [-0.1, -0.05) is 11.6 Å². The minimum Gasteiger partial charge on any atom is -0.465 e. The number of ether oxygens (including phenoxy) is 1. The van der Waals surface area contributed by atoms with Crippen LogP contribution >= 0.6 is 11.6 Å². The van der Waals surface area contributed by atoms with Crippen LogP contribution in [0.2, 0.25) is 5.15 Å². The molecule has 4 nitrogen and oxygen atoms in total. The maximum absolute atomic E-state index is 11.6. The summed E-state index contributed by atoms with van der Waals surface area (Å²) in [6.45, 7) is 3.18. The summed E-state index contributed by atoms with van der Waals surface area (Å²) in [5.41, 5.74) is 2.24. The van der Waals surface area contributed by atoms with Gasteiger partial charge in [-0.25, -0.2) is 9.78 Å². The van der Waals surface area contributed by atoms with Crippen molar-refractivity contribution in [3.63, 3.8) is 0 Å². The molecule has 0 amide bonds. The molecule has 0 saturated carbocycles. The van der Waals surface area contributed by atoms with Gasteiger partial charge in [-0.05, 0) is 44.0 Å². The fourth-order valence-corrected chi connectivity index (χ4v) is 3.13. The molecular weight excluding hydrogens is 288 g/mol. The summed E-state index contributed by atoms with van der Waals surface area (Å²) >= 11 is 6.33. The average Bonchev–Trinajstić information content (AvgIpc) is 2.91. The standard InChI is InChI=1S/C16H17ClN2O2/c1-10-4-3-7-19(10)14-9-12-8-11(16(20)21-2)5-6-13(12)18-15(14)17/h5-6,8-10H,3-4,7H2,1-2H3/t10-/m0/s1. The first-order valence-electron chi connectivity index (χ1n) is 7.05. The number of esters is 1. The lowest BCUT2D eigenvalue weighted by Gasteiger charge is -2.24. The summed E-state index contributed by atoms with van der Waals surface area (Å²) in [6, 6.07) is 7.78. The lowest BCUT2D eigenvalue weighted by molar-refractivity contribution is 0.0601. The van der Waals surface area contributed by atoms with Gasteiger partial charge in [0.1, 0.15) is 0 Å². The van der Waals surface area contributed by atoms with Gasteiger partial charge in [-0.2, -0.15) is 0 Å². The summed E-state index contributed by atoms with van der Waals surface area (Å²) in [7, 11) is 1.38. The second-order valence-electron chi connectivity index (χ2n) is 5.38. The molecule has 1 atom stereocenters. The molecule has 2 heterocycles. The van der Waals surface area contributed by atoms with E-state index in [-0.39, 0.29) is 5.97 Å². The van der Waals surface area contributed by atoms with Gasteiger partial charge >= 0.3 is 5.97 Å². The third-order valence-corrected chi connectivity index (χ3v) is 4.31. The van der Waals surface area contributed by atoms with Crippen molar-refractivity contribution >= 4 is 34.2 Å².